The topological polar surface area (TPSA) is 93.4 Å². The lowest BCUT2D eigenvalue weighted by Gasteiger charge is -2.29. The van der Waals surface area contributed by atoms with Gasteiger partial charge in [0.25, 0.3) is 0 Å². The summed E-state index contributed by atoms with van der Waals surface area (Å²) in [6.45, 7) is 3.89. The van der Waals surface area contributed by atoms with Crippen LogP contribution in [0.15, 0.2) is 35.1 Å². The number of fused-ring (bicyclic) bond motifs is 1. The van der Waals surface area contributed by atoms with Gasteiger partial charge in [-0.05, 0) is 94.7 Å². The molecular weight excluding hydrogens is 396 g/mol. The standard InChI is InChI=1S/C26H38N6/c1-32-14-10-19(11-15-32)21-8-9-23-24(16-21)31-25(18-30-23)22(26(28)20-6-7-20)17-29-13-5-3-2-4-12-27/h8-9,16-20H,2-7,10-15,27-28H2,1H3. The molecule has 0 atom stereocenters. The number of unbranched alkanes of at least 4 members (excludes halogenated alkanes) is 3. The monoisotopic (exact) mass is 434 g/mol. The molecule has 0 unspecified atom stereocenters. The van der Waals surface area contributed by atoms with E-state index in [2.05, 4.69) is 35.1 Å². The van der Waals surface area contributed by atoms with E-state index in [1.807, 2.05) is 12.4 Å². The summed E-state index contributed by atoms with van der Waals surface area (Å²) in [5.41, 5.74) is 18.1. The van der Waals surface area contributed by atoms with Crippen LogP contribution in [0.5, 0.6) is 0 Å². The fourth-order valence-electron chi connectivity index (χ4n) is 4.51. The summed E-state index contributed by atoms with van der Waals surface area (Å²) in [4.78, 5) is 16.8. The Morgan fingerprint density at radius 3 is 2.62 bits per heavy atom. The molecule has 1 aliphatic heterocycles. The number of allylic oxidation sites excluding steroid dienone is 2. The first-order chi connectivity index (χ1) is 15.7. The molecule has 4 rings (SSSR count). The zero-order chi connectivity index (χ0) is 22.3. The van der Waals surface area contributed by atoms with Gasteiger partial charge in [-0.25, -0.2) is 4.98 Å². The van der Waals surface area contributed by atoms with E-state index < -0.39 is 0 Å². The first-order valence-corrected chi connectivity index (χ1v) is 12.3. The van der Waals surface area contributed by atoms with Crippen LogP contribution >= 0.6 is 0 Å². The maximum Gasteiger partial charge on any atom is 0.0925 e. The highest BCUT2D eigenvalue weighted by Gasteiger charge is 2.27. The van der Waals surface area contributed by atoms with Crippen molar-refractivity contribution in [1.82, 2.24) is 14.9 Å². The second-order valence-corrected chi connectivity index (χ2v) is 9.46. The summed E-state index contributed by atoms with van der Waals surface area (Å²) in [6.07, 6.45) is 13.0. The molecule has 0 spiro atoms. The van der Waals surface area contributed by atoms with E-state index in [0.29, 0.717) is 11.8 Å². The molecule has 0 radical (unpaired) electrons. The van der Waals surface area contributed by atoms with Crippen molar-refractivity contribution in [2.45, 2.75) is 57.3 Å². The minimum Gasteiger partial charge on any atom is -0.401 e. The fourth-order valence-corrected chi connectivity index (χ4v) is 4.51. The molecule has 6 heteroatoms. The molecule has 2 fully saturated rings. The lowest BCUT2D eigenvalue weighted by Crippen LogP contribution is -2.29. The molecule has 4 N–H and O–H groups in total. The van der Waals surface area contributed by atoms with Gasteiger partial charge in [-0.15, -0.1) is 0 Å². The van der Waals surface area contributed by atoms with Crippen molar-refractivity contribution < 1.29 is 0 Å². The highest BCUT2D eigenvalue weighted by molar-refractivity contribution is 6.10. The molecular formula is C26H38N6. The highest BCUT2D eigenvalue weighted by atomic mass is 15.1. The second kappa shape index (κ2) is 11.0. The predicted molar refractivity (Wildman–Crippen MR) is 134 cm³/mol. The summed E-state index contributed by atoms with van der Waals surface area (Å²) in [7, 11) is 2.20. The second-order valence-electron chi connectivity index (χ2n) is 9.46. The van der Waals surface area contributed by atoms with Crippen LogP contribution in [0.3, 0.4) is 0 Å². The van der Waals surface area contributed by atoms with Gasteiger partial charge in [-0.1, -0.05) is 18.9 Å². The van der Waals surface area contributed by atoms with Crippen LogP contribution in [-0.2, 0) is 0 Å². The Balaban J connectivity index is 1.53. The number of nitrogens with zero attached hydrogens (tertiary/aromatic N) is 4. The van der Waals surface area contributed by atoms with Gasteiger partial charge in [-0.2, -0.15) is 0 Å². The van der Waals surface area contributed by atoms with Gasteiger partial charge in [-0.3, -0.25) is 9.98 Å². The maximum atomic E-state index is 6.54. The summed E-state index contributed by atoms with van der Waals surface area (Å²) in [5.74, 6) is 1.07. The SMILES string of the molecule is CN1CCC(c2ccc3ncc(C(C=NCCCCCCN)=C(N)C4CC4)nc3c2)CC1. The molecule has 2 aromatic rings. The number of aromatic nitrogens is 2. The molecule has 32 heavy (non-hydrogen) atoms. The Bertz CT molecular complexity index is 954. The van der Waals surface area contributed by atoms with Gasteiger partial charge in [0.05, 0.1) is 22.9 Å². The molecule has 172 valence electrons. The van der Waals surface area contributed by atoms with Crippen LogP contribution in [0.2, 0.25) is 0 Å². The molecule has 2 heterocycles. The van der Waals surface area contributed by atoms with E-state index in [-0.39, 0.29) is 0 Å². The molecule has 1 saturated heterocycles. The zero-order valence-corrected chi connectivity index (χ0v) is 19.5. The quantitative estimate of drug-likeness (QED) is 0.434. The Labute approximate surface area is 192 Å². The Hall–Kier alpha value is -2.31. The van der Waals surface area contributed by atoms with Crippen molar-refractivity contribution in [3.63, 3.8) is 0 Å². The number of nitrogens with two attached hydrogens (primary N) is 2. The van der Waals surface area contributed by atoms with Crippen molar-refractivity contribution in [3.05, 3.63) is 41.4 Å². The molecule has 0 amide bonds. The molecule has 2 aliphatic rings. The first kappa shape index (κ1) is 22.9. The van der Waals surface area contributed by atoms with Gasteiger partial charge in [0, 0.05) is 24.0 Å². The Kier molecular flexibility index (Phi) is 7.87. The normalized spacial score (nSPS) is 19.1. The van der Waals surface area contributed by atoms with Gasteiger partial charge >= 0.3 is 0 Å². The Morgan fingerprint density at radius 1 is 1.09 bits per heavy atom. The average Bonchev–Trinajstić information content (AvgIpc) is 3.66. The molecule has 1 aliphatic carbocycles. The number of likely N-dealkylation sites (tertiary alicyclic amines) is 1. The van der Waals surface area contributed by atoms with Gasteiger partial charge < -0.3 is 16.4 Å². The number of hydrogen-bond acceptors (Lipinski definition) is 6. The smallest absolute Gasteiger partial charge is 0.0925 e. The number of benzene rings is 1. The van der Waals surface area contributed by atoms with E-state index in [9.17, 15) is 0 Å². The van der Waals surface area contributed by atoms with Crippen molar-refractivity contribution in [2.75, 3.05) is 33.2 Å². The third kappa shape index (κ3) is 5.93. The van der Waals surface area contributed by atoms with E-state index in [4.69, 9.17) is 21.4 Å². The van der Waals surface area contributed by atoms with Crippen LogP contribution in [-0.4, -0.2) is 54.3 Å². The molecule has 0 bridgehead atoms. The van der Waals surface area contributed by atoms with Gasteiger partial charge in [0.1, 0.15) is 0 Å². The number of piperidine rings is 1. The van der Waals surface area contributed by atoms with E-state index in [0.717, 1.165) is 79.9 Å². The molecule has 1 aromatic carbocycles. The largest absolute Gasteiger partial charge is 0.401 e. The van der Waals surface area contributed by atoms with Crippen LogP contribution in [0.1, 0.15) is 68.5 Å². The molecule has 1 saturated carbocycles. The average molecular weight is 435 g/mol. The van der Waals surface area contributed by atoms with Crippen LogP contribution in [0.4, 0.5) is 0 Å². The minimum atomic E-state index is 0.462. The third-order valence-electron chi connectivity index (χ3n) is 6.82. The first-order valence-electron chi connectivity index (χ1n) is 12.3. The summed E-state index contributed by atoms with van der Waals surface area (Å²) >= 11 is 0. The summed E-state index contributed by atoms with van der Waals surface area (Å²) < 4.78 is 0. The van der Waals surface area contributed by atoms with Crippen LogP contribution in [0.25, 0.3) is 16.6 Å². The summed E-state index contributed by atoms with van der Waals surface area (Å²) in [6, 6.07) is 6.58. The Morgan fingerprint density at radius 2 is 1.88 bits per heavy atom. The summed E-state index contributed by atoms with van der Waals surface area (Å²) in [5, 5.41) is 0. The van der Waals surface area contributed by atoms with Gasteiger partial charge in [0.2, 0.25) is 0 Å². The van der Waals surface area contributed by atoms with Crippen molar-refractivity contribution in [2.24, 2.45) is 22.4 Å². The van der Waals surface area contributed by atoms with Crippen LogP contribution < -0.4 is 11.5 Å². The fraction of sp³-hybridized carbons (Fsp3) is 0.577. The molecule has 6 nitrogen and oxygen atoms in total. The van der Waals surface area contributed by atoms with Gasteiger partial charge in [0.15, 0.2) is 0 Å². The zero-order valence-electron chi connectivity index (χ0n) is 19.5. The van der Waals surface area contributed by atoms with E-state index in [1.54, 1.807) is 0 Å². The van der Waals surface area contributed by atoms with E-state index in [1.165, 1.54) is 31.2 Å². The lowest BCUT2D eigenvalue weighted by molar-refractivity contribution is 0.255. The number of rotatable bonds is 10. The van der Waals surface area contributed by atoms with E-state index >= 15 is 0 Å². The molecule has 1 aromatic heterocycles. The predicted octanol–water partition coefficient (Wildman–Crippen LogP) is 4.11. The highest BCUT2D eigenvalue weighted by Crippen LogP contribution is 2.37. The van der Waals surface area contributed by atoms with Crippen molar-refractivity contribution in [3.8, 4) is 0 Å². The maximum absolute atomic E-state index is 6.54. The number of aliphatic imine (C=N–C) groups is 1. The number of hydrogen-bond donors (Lipinski definition) is 2. The lowest BCUT2D eigenvalue weighted by atomic mass is 9.89. The van der Waals surface area contributed by atoms with Crippen LogP contribution in [0, 0.1) is 5.92 Å². The minimum absolute atomic E-state index is 0.462. The van der Waals surface area contributed by atoms with Crippen molar-refractivity contribution >= 4 is 22.8 Å². The van der Waals surface area contributed by atoms with Crippen molar-refractivity contribution in [1.29, 1.82) is 0 Å². The third-order valence-corrected chi connectivity index (χ3v) is 6.82.